The molecule has 150 valence electrons. The highest BCUT2D eigenvalue weighted by atomic mass is 32.2. The number of sulfone groups is 1. The molecule has 0 unspecified atom stereocenters. The number of hydrogen-bond donors (Lipinski definition) is 1. The van der Waals surface area contributed by atoms with Gasteiger partial charge in [-0.25, -0.2) is 13.4 Å². The van der Waals surface area contributed by atoms with Gasteiger partial charge in [-0.05, 0) is 18.2 Å². The first kappa shape index (κ1) is 20.1. The first-order valence-corrected chi connectivity index (χ1v) is 10.4. The molecule has 2 aromatic heterocycles. The molecule has 1 N–H and O–H groups in total. The largest absolute Gasteiger partial charge is 0.483 e. The van der Waals surface area contributed by atoms with Gasteiger partial charge in [-0.1, -0.05) is 0 Å². The number of hydrogen-bond acceptors (Lipinski definition) is 7. The summed E-state index contributed by atoms with van der Waals surface area (Å²) in [7, 11) is -0.113. The van der Waals surface area contributed by atoms with Crippen molar-refractivity contribution < 1.29 is 27.4 Å². The molecule has 8 nitrogen and oxygen atoms in total. The Balaban J connectivity index is 1.87. The maximum absolute atomic E-state index is 11.6. The summed E-state index contributed by atoms with van der Waals surface area (Å²) in [6.07, 6.45) is 3.92. The molecule has 0 aliphatic rings. The van der Waals surface area contributed by atoms with E-state index in [1.807, 2.05) is 18.3 Å². The molecule has 3 aromatic rings. The first-order valence-electron chi connectivity index (χ1n) is 8.50. The van der Waals surface area contributed by atoms with Gasteiger partial charge in [-0.2, -0.15) is 0 Å². The maximum atomic E-state index is 11.6. The number of rotatable bonds is 9. The van der Waals surface area contributed by atoms with Crippen LogP contribution in [0.4, 0.5) is 0 Å². The summed E-state index contributed by atoms with van der Waals surface area (Å²) < 4.78 is 45.3. The molecule has 2 heterocycles. The lowest BCUT2D eigenvalue weighted by Gasteiger charge is -2.18. The van der Waals surface area contributed by atoms with Gasteiger partial charge in [0.05, 0.1) is 23.6 Å². The molecule has 0 saturated carbocycles. The van der Waals surface area contributed by atoms with E-state index < -0.39 is 9.84 Å². The minimum absolute atomic E-state index is 0.131. The number of aromatic nitrogens is 2. The van der Waals surface area contributed by atoms with Crippen LogP contribution in [-0.4, -0.2) is 58.2 Å². The SMILES string of the molecule is COCC(COC)Oc1cc(Oc2ccc(S(C)(=O)=O)cn2)cc2cc[nH]c12. The highest BCUT2D eigenvalue weighted by Crippen LogP contribution is 2.33. The highest BCUT2D eigenvalue weighted by molar-refractivity contribution is 7.90. The maximum Gasteiger partial charge on any atom is 0.219 e. The summed E-state index contributed by atoms with van der Waals surface area (Å²) in [5.74, 6) is 1.37. The van der Waals surface area contributed by atoms with Crippen molar-refractivity contribution in [1.82, 2.24) is 9.97 Å². The van der Waals surface area contributed by atoms with Crippen molar-refractivity contribution in [3.63, 3.8) is 0 Å². The Labute approximate surface area is 163 Å². The second kappa shape index (κ2) is 8.59. The number of fused-ring (bicyclic) bond motifs is 1. The van der Waals surface area contributed by atoms with E-state index in [0.29, 0.717) is 24.7 Å². The summed E-state index contributed by atoms with van der Waals surface area (Å²) in [6.45, 7) is 0.741. The molecule has 28 heavy (non-hydrogen) atoms. The summed E-state index contributed by atoms with van der Waals surface area (Å²) >= 11 is 0. The summed E-state index contributed by atoms with van der Waals surface area (Å²) in [5, 5.41) is 0.897. The van der Waals surface area contributed by atoms with Crippen molar-refractivity contribution in [2.24, 2.45) is 0 Å². The third-order valence-corrected chi connectivity index (χ3v) is 5.05. The Morgan fingerprint density at radius 2 is 1.86 bits per heavy atom. The molecule has 0 spiro atoms. The summed E-state index contributed by atoms with van der Waals surface area (Å²) in [4.78, 5) is 7.35. The standard InChI is InChI=1S/C19H22N2O6S/c1-24-11-15(12-25-2)26-17-9-14(8-13-6-7-20-19(13)17)27-18-5-4-16(10-21-18)28(3,22)23/h4-10,15,20H,11-12H2,1-3H3. The third kappa shape index (κ3) is 4.80. The van der Waals surface area contributed by atoms with E-state index >= 15 is 0 Å². The van der Waals surface area contributed by atoms with E-state index in [1.165, 1.54) is 18.3 Å². The van der Waals surface area contributed by atoms with Gasteiger partial charge in [0.1, 0.15) is 17.6 Å². The minimum atomic E-state index is -3.31. The molecule has 0 bridgehead atoms. The van der Waals surface area contributed by atoms with Gasteiger partial charge < -0.3 is 23.9 Å². The molecule has 0 aliphatic heterocycles. The second-order valence-electron chi connectivity index (χ2n) is 6.22. The molecule has 0 saturated heterocycles. The van der Waals surface area contributed by atoms with E-state index in [2.05, 4.69) is 9.97 Å². The lowest BCUT2D eigenvalue weighted by Crippen LogP contribution is -2.27. The fourth-order valence-electron chi connectivity index (χ4n) is 2.70. The van der Waals surface area contributed by atoms with Crippen LogP contribution in [0, 0.1) is 0 Å². The first-order chi connectivity index (χ1) is 13.4. The van der Waals surface area contributed by atoms with Crippen LogP contribution in [0.1, 0.15) is 0 Å². The van der Waals surface area contributed by atoms with Crippen molar-refractivity contribution in [1.29, 1.82) is 0 Å². The Bertz CT molecular complexity index is 1020. The van der Waals surface area contributed by atoms with Crippen LogP contribution in [0.3, 0.4) is 0 Å². The molecule has 1 aromatic carbocycles. The van der Waals surface area contributed by atoms with E-state index in [1.54, 1.807) is 20.3 Å². The number of H-pyrrole nitrogens is 1. The molecular formula is C19H22N2O6S. The van der Waals surface area contributed by atoms with Gasteiger partial charge in [-0.15, -0.1) is 0 Å². The molecule has 3 rings (SSSR count). The zero-order valence-electron chi connectivity index (χ0n) is 15.8. The van der Waals surface area contributed by atoms with E-state index in [-0.39, 0.29) is 16.9 Å². The van der Waals surface area contributed by atoms with Crippen molar-refractivity contribution in [2.45, 2.75) is 11.0 Å². The fraction of sp³-hybridized carbons (Fsp3) is 0.316. The van der Waals surface area contributed by atoms with Crippen LogP contribution in [-0.2, 0) is 19.3 Å². The number of pyridine rings is 1. The zero-order valence-corrected chi connectivity index (χ0v) is 16.7. The Kier molecular flexibility index (Phi) is 6.18. The number of benzene rings is 1. The smallest absolute Gasteiger partial charge is 0.219 e. The van der Waals surface area contributed by atoms with Crippen LogP contribution < -0.4 is 9.47 Å². The van der Waals surface area contributed by atoms with E-state index in [9.17, 15) is 8.42 Å². The van der Waals surface area contributed by atoms with Crippen molar-refractivity contribution in [3.05, 3.63) is 42.7 Å². The summed E-state index contributed by atoms with van der Waals surface area (Å²) in [6, 6.07) is 8.45. The lowest BCUT2D eigenvalue weighted by molar-refractivity contribution is 0.0251. The molecule has 0 fully saturated rings. The van der Waals surface area contributed by atoms with Crippen LogP contribution >= 0.6 is 0 Å². The van der Waals surface area contributed by atoms with Crippen molar-refractivity contribution >= 4 is 20.7 Å². The fourth-order valence-corrected chi connectivity index (χ4v) is 3.26. The quantitative estimate of drug-likeness (QED) is 0.583. The number of nitrogens with zero attached hydrogens (tertiary/aromatic N) is 1. The Morgan fingerprint density at radius 3 is 2.46 bits per heavy atom. The van der Waals surface area contributed by atoms with E-state index in [4.69, 9.17) is 18.9 Å². The van der Waals surface area contributed by atoms with Gasteiger partial charge in [-0.3, -0.25) is 0 Å². The van der Waals surface area contributed by atoms with Crippen molar-refractivity contribution in [3.8, 4) is 17.4 Å². The van der Waals surface area contributed by atoms with Crippen LogP contribution in [0.25, 0.3) is 10.9 Å². The van der Waals surface area contributed by atoms with Gasteiger partial charge in [0.2, 0.25) is 5.88 Å². The predicted molar refractivity (Wildman–Crippen MR) is 104 cm³/mol. The molecular weight excluding hydrogens is 384 g/mol. The topological polar surface area (TPSA) is 99.7 Å². The van der Waals surface area contributed by atoms with Crippen LogP contribution in [0.5, 0.6) is 17.4 Å². The Morgan fingerprint density at radius 1 is 1.11 bits per heavy atom. The molecule has 0 aliphatic carbocycles. The predicted octanol–water partition coefficient (Wildman–Crippen LogP) is 2.80. The number of ether oxygens (including phenoxy) is 4. The van der Waals surface area contributed by atoms with Crippen molar-refractivity contribution in [2.75, 3.05) is 33.7 Å². The van der Waals surface area contributed by atoms with E-state index in [0.717, 1.165) is 17.2 Å². The normalized spacial score (nSPS) is 11.9. The molecule has 0 amide bonds. The average molecular weight is 406 g/mol. The van der Waals surface area contributed by atoms with Crippen LogP contribution in [0.15, 0.2) is 47.6 Å². The molecule has 9 heteroatoms. The van der Waals surface area contributed by atoms with Gasteiger partial charge in [0.15, 0.2) is 9.84 Å². The minimum Gasteiger partial charge on any atom is -0.483 e. The number of nitrogens with one attached hydrogen (secondary N) is 1. The molecule has 0 atom stereocenters. The number of aromatic amines is 1. The van der Waals surface area contributed by atoms with Gasteiger partial charge >= 0.3 is 0 Å². The lowest BCUT2D eigenvalue weighted by atomic mass is 10.2. The zero-order chi connectivity index (χ0) is 20.1. The highest BCUT2D eigenvalue weighted by Gasteiger charge is 2.15. The average Bonchev–Trinajstić information content (AvgIpc) is 3.11. The third-order valence-electron chi connectivity index (χ3n) is 3.96. The molecule has 0 radical (unpaired) electrons. The monoisotopic (exact) mass is 406 g/mol. The van der Waals surface area contributed by atoms with Crippen LogP contribution in [0.2, 0.25) is 0 Å². The summed E-state index contributed by atoms with van der Waals surface area (Å²) in [5.41, 5.74) is 0.824. The second-order valence-corrected chi connectivity index (χ2v) is 8.24. The number of methoxy groups -OCH3 is 2. The van der Waals surface area contributed by atoms with Gasteiger partial charge in [0.25, 0.3) is 0 Å². The van der Waals surface area contributed by atoms with Gasteiger partial charge in [0, 0.05) is 50.4 Å². The Hall–Kier alpha value is -2.62.